The average molecular weight is 502 g/mol. The summed E-state index contributed by atoms with van der Waals surface area (Å²) in [6.45, 7) is 7.07. The number of hydrogen-bond acceptors (Lipinski definition) is 6. The average Bonchev–Trinajstić information content (AvgIpc) is 3.43. The Morgan fingerprint density at radius 3 is 2.44 bits per heavy atom. The third-order valence-corrected chi connectivity index (χ3v) is 7.03. The molecule has 1 saturated heterocycles. The summed E-state index contributed by atoms with van der Waals surface area (Å²) in [6, 6.07) is 7.86. The van der Waals surface area contributed by atoms with Crippen LogP contribution >= 0.6 is 24.8 Å². The van der Waals surface area contributed by atoms with Crippen LogP contribution < -0.4 is 5.63 Å². The van der Waals surface area contributed by atoms with Gasteiger partial charge in [-0.1, -0.05) is 0 Å². The Balaban J connectivity index is 0.00000137. The van der Waals surface area contributed by atoms with Gasteiger partial charge in [0, 0.05) is 61.3 Å². The summed E-state index contributed by atoms with van der Waals surface area (Å²) in [7, 11) is 2.17. The molecule has 0 atom stereocenters. The van der Waals surface area contributed by atoms with E-state index >= 15 is 0 Å². The van der Waals surface area contributed by atoms with Crippen molar-refractivity contribution < 1.29 is 8.83 Å². The zero-order valence-electron chi connectivity index (χ0n) is 19.4. The van der Waals surface area contributed by atoms with E-state index < -0.39 is 0 Å². The second kappa shape index (κ2) is 9.70. The third-order valence-electron chi connectivity index (χ3n) is 7.03. The largest absolute Gasteiger partial charge is 0.454 e. The molecule has 0 N–H and O–H groups in total. The number of likely N-dealkylation sites (N-methyl/N-ethyl adjacent to an activating group) is 1. The van der Waals surface area contributed by atoms with Crippen LogP contribution in [-0.4, -0.2) is 48.0 Å². The molecule has 1 fully saturated rings. The molecule has 180 valence electrons. The van der Waals surface area contributed by atoms with Crippen molar-refractivity contribution in [1.29, 1.82) is 0 Å². The zero-order valence-corrected chi connectivity index (χ0v) is 21.1. The monoisotopic (exact) mass is 501 g/mol. The molecule has 4 aromatic rings. The van der Waals surface area contributed by atoms with Gasteiger partial charge in [0.2, 0.25) is 0 Å². The Kier molecular flexibility index (Phi) is 7.06. The molecular weight excluding hydrogens is 473 g/mol. The molecule has 8 heteroatoms. The molecule has 0 spiro atoms. The number of benzene rings is 1. The maximum absolute atomic E-state index is 12.4. The van der Waals surface area contributed by atoms with Gasteiger partial charge in [-0.05, 0) is 68.1 Å². The van der Waals surface area contributed by atoms with Crippen molar-refractivity contribution in [2.45, 2.75) is 32.7 Å². The molecule has 0 saturated carbocycles. The molecule has 3 aromatic heterocycles. The van der Waals surface area contributed by atoms with Gasteiger partial charge in [0.05, 0.1) is 5.69 Å². The highest BCUT2D eigenvalue weighted by molar-refractivity contribution is 5.96. The highest BCUT2D eigenvalue weighted by atomic mass is 35.5. The smallest absolute Gasteiger partial charge is 0.336 e. The first kappa shape index (κ1) is 24.7. The van der Waals surface area contributed by atoms with Crippen molar-refractivity contribution in [2.24, 2.45) is 0 Å². The van der Waals surface area contributed by atoms with E-state index in [9.17, 15) is 4.79 Å². The predicted octanol–water partition coefficient (Wildman–Crippen LogP) is 4.99. The number of halogens is 2. The summed E-state index contributed by atoms with van der Waals surface area (Å²) in [5.41, 5.74) is 6.55. The number of rotatable bonds is 3. The van der Waals surface area contributed by atoms with Gasteiger partial charge in [-0.3, -0.25) is 9.88 Å². The van der Waals surface area contributed by atoms with E-state index in [1.165, 1.54) is 16.7 Å². The number of furan rings is 1. The number of pyridine rings is 1. The minimum atomic E-state index is -0.349. The van der Waals surface area contributed by atoms with Crippen LogP contribution in [0.25, 0.3) is 33.3 Å². The highest BCUT2D eigenvalue weighted by Crippen LogP contribution is 2.36. The van der Waals surface area contributed by atoms with Crippen LogP contribution in [0.4, 0.5) is 0 Å². The second-order valence-corrected chi connectivity index (χ2v) is 9.25. The molecule has 1 aliphatic carbocycles. The van der Waals surface area contributed by atoms with Gasteiger partial charge in [-0.25, -0.2) is 4.79 Å². The molecule has 0 radical (unpaired) electrons. The van der Waals surface area contributed by atoms with E-state index in [1.54, 1.807) is 6.07 Å². The summed E-state index contributed by atoms with van der Waals surface area (Å²) < 4.78 is 11.9. The molecule has 0 unspecified atom stereocenters. The minimum absolute atomic E-state index is 0. The van der Waals surface area contributed by atoms with E-state index in [4.69, 9.17) is 8.83 Å². The van der Waals surface area contributed by atoms with Gasteiger partial charge in [-0.15, -0.1) is 24.8 Å². The Labute approximate surface area is 210 Å². The molecule has 6 nitrogen and oxygen atoms in total. The van der Waals surface area contributed by atoms with Gasteiger partial charge in [0.15, 0.2) is 5.58 Å². The molecule has 1 aromatic carbocycles. The molecule has 2 aliphatic rings. The van der Waals surface area contributed by atoms with E-state index in [1.807, 2.05) is 19.2 Å². The van der Waals surface area contributed by atoms with Gasteiger partial charge in [-0.2, -0.15) is 0 Å². The summed E-state index contributed by atoms with van der Waals surface area (Å²) in [6.07, 6.45) is 5.24. The van der Waals surface area contributed by atoms with Gasteiger partial charge in [0.25, 0.3) is 0 Å². The van der Waals surface area contributed by atoms with Crippen molar-refractivity contribution in [1.82, 2.24) is 14.8 Å². The summed E-state index contributed by atoms with van der Waals surface area (Å²) >= 11 is 0. The van der Waals surface area contributed by atoms with E-state index in [-0.39, 0.29) is 30.4 Å². The SMILES string of the molecule is Cc1ncc(CN2CCN(C)CC2)c2cc(-c3cc(=O)oc4cc5c(cc34)CCC5)oc12.Cl.Cl. The number of piperazine rings is 1. The molecule has 0 amide bonds. The van der Waals surface area contributed by atoms with E-state index in [2.05, 4.69) is 34.0 Å². The first-order chi connectivity index (χ1) is 15.5. The Morgan fingerprint density at radius 1 is 0.941 bits per heavy atom. The lowest BCUT2D eigenvalue weighted by Crippen LogP contribution is -2.43. The molecule has 0 bridgehead atoms. The first-order valence-electron chi connectivity index (χ1n) is 11.4. The van der Waals surface area contributed by atoms with Crippen molar-refractivity contribution >= 4 is 46.8 Å². The fourth-order valence-electron chi connectivity index (χ4n) is 5.14. The zero-order chi connectivity index (χ0) is 21.8. The van der Waals surface area contributed by atoms with E-state index in [0.29, 0.717) is 11.3 Å². The molecule has 4 heterocycles. The van der Waals surface area contributed by atoms with Crippen molar-refractivity contribution in [3.05, 3.63) is 63.3 Å². The quantitative estimate of drug-likeness (QED) is 0.368. The highest BCUT2D eigenvalue weighted by Gasteiger charge is 2.21. The van der Waals surface area contributed by atoms with Crippen LogP contribution in [0.2, 0.25) is 0 Å². The van der Waals surface area contributed by atoms with Crippen LogP contribution in [0.5, 0.6) is 0 Å². The fraction of sp³-hybridized carbons (Fsp3) is 0.385. The van der Waals surface area contributed by atoms with Crippen molar-refractivity contribution in [2.75, 3.05) is 33.2 Å². The minimum Gasteiger partial charge on any atom is -0.454 e. The molecule has 6 rings (SSSR count). The summed E-state index contributed by atoms with van der Waals surface area (Å²) in [4.78, 5) is 21.8. The lowest BCUT2D eigenvalue weighted by Gasteiger charge is -2.32. The summed E-state index contributed by atoms with van der Waals surface area (Å²) in [5, 5.41) is 2.02. The predicted molar refractivity (Wildman–Crippen MR) is 140 cm³/mol. The van der Waals surface area contributed by atoms with E-state index in [0.717, 1.165) is 79.6 Å². The Bertz CT molecular complexity index is 1400. The molecular formula is C26H29Cl2N3O3. The van der Waals surface area contributed by atoms with Crippen LogP contribution in [0.1, 0.15) is 28.8 Å². The fourth-order valence-corrected chi connectivity index (χ4v) is 5.14. The second-order valence-electron chi connectivity index (χ2n) is 9.25. The van der Waals surface area contributed by atoms with Crippen molar-refractivity contribution in [3.8, 4) is 11.3 Å². The van der Waals surface area contributed by atoms with Crippen molar-refractivity contribution in [3.63, 3.8) is 0 Å². The lowest BCUT2D eigenvalue weighted by atomic mass is 10.0. The topological polar surface area (TPSA) is 62.7 Å². The van der Waals surface area contributed by atoms with Crippen LogP contribution in [-0.2, 0) is 19.4 Å². The molecule has 34 heavy (non-hydrogen) atoms. The lowest BCUT2D eigenvalue weighted by molar-refractivity contribution is 0.148. The number of nitrogens with zero attached hydrogens (tertiary/aromatic N) is 3. The van der Waals surface area contributed by atoms with Crippen LogP contribution in [0.15, 0.2) is 44.1 Å². The standard InChI is InChI=1S/C26H27N3O3.2ClH/c1-16-26-20(19(14-27-16)15-29-8-6-28(2)7-9-29)12-24(32-26)22-13-25(30)31-23-11-18-5-3-4-17(18)10-21(22)23;;/h10-14H,3-9,15H2,1-2H3;2*1H. The van der Waals surface area contributed by atoms with Crippen LogP contribution in [0.3, 0.4) is 0 Å². The number of aromatic nitrogens is 1. The normalized spacial score (nSPS) is 16.4. The third kappa shape index (κ3) is 4.36. The number of fused-ring (bicyclic) bond motifs is 3. The maximum atomic E-state index is 12.4. The number of hydrogen-bond donors (Lipinski definition) is 0. The number of aryl methyl sites for hydroxylation is 3. The maximum Gasteiger partial charge on any atom is 0.336 e. The summed E-state index contributed by atoms with van der Waals surface area (Å²) in [5.74, 6) is 0.701. The Hall–Kier alpha value is -2.38. The van der Waals surface area contributed by atoms with Gasteiger partial charge in [0.1, 0.15) is 11.3 Å². The van der Waals surface area contributed by atoms with Crippen LogP contribution in [0, 0.1) is 6.92 Å². The van der Waals surface area contributed by atoms with Gasteiger partial charge < -0.3 is 13.7 Å². The molecule has 1 aliphatic heterocycles. The Morgan fingerprint density at radius 2 is 1.68 bits per heavy atom. The van der Waals surface area contributed by atoms with Gasteiger partial charge >= 0.3 is 5.63 Å². The first-order valence-corrected chi connectivity index (χ1v) is 11.4.